The Labute approximate surface area is 139 Å². The van der Waals surface area contributed by atoms with Crippen LogP contribution in [0.15, 0.2) is 11.1 Å². The van der Waals surface area contributed by atoms with Crippen molar-refractivity contribution in [3.63, 3.8) is 0 Å². The summed E-state index contributed by atoms with van der Waals surface area (Å²) in [5.41, 5.74) is 1.79. The average Bonchev–Trinajstić information content (AvgIpc) is 2.59. The molecule has 23 heavy (non-hydrogen) atoms. The Kier molecular flexibility index (Phi) is 3.09. The molecule has 0 aromatic rings. The first-order valence-electron chi connectivity index (χ1n) is 9.23. The van der Waals surface area contributed by atoms with E-state index in [1.807, 2.05) is 6.92 Å². The maximum atomic E-state index is 12.4. The number of carbonyl (C=O) groups is 1. The number of allylic oxidation sites excluding steroid dienone is 1. The third-order valence-electron chi connectivity index (χ3n) is 8.75. The molecule has 6 atom stereocenters. The van der Waals surface area contributed by atoms with Crippen molar-refractivity contribution in [3.8, 4) is 0 Å². The zero-order chi connectivity index (χ0) is 16.8. The van der Waals surface area contributed by atoms with Crippen LogP contribution in [0.4, 0.5) is 0 Å². The lowest BCUT2D eigenvalue weighted by Gasteiger charge is -2.59. The van der Waals surface area contributed by atoms with Gasteiger partial charge in [-0.1, -0.05) is 20.8 Å². The number of ketones is 1. The highest BCUT2D eigenvalue weighted by molar-refractivity contribution is 6.05. The average molecular weight is 318 g/mol. The van der Waals surface area contributed by atoms with Gasteiger partial charge in [0, 0.05) is 24.0 Å². The summed E-state index contributed by atoms with van der Waals surface area (Å²) < 4.78 is 0. The van der Waals surface area contributed by atoms with Gasteiger partial charge in [-0.3, -0.25) is 4.79 Å². The van der Waals surface area contributed by atoms with E-state index in [2.05, 4.69) is 20.8 Å². The van der Waals surface area contributed by atoms with E-state index < -0.39 is 6.10 Å². The van der Waals surface area contributed by atoms with Crippen LogP contribution < -0.4 is 0 Å². The Bertz CT molecular complexity index is 604. The van der Waals surface area contributed by atoms with Crippen LogP contribution in [0.5, 0.6) is 0 Å². The van der Waals surface area contributed by atoms with E-state index in [4.69, 9.17) is 0 Å². The molecule has 2 N–H and O–H groups in total. The molecule has 2 bridgehead atoms. The summed E-state index contributed by atoms with van der Waals surface area (Å²) >= 11 is 0. The Hall–Kier alpha value is -0.670. The van der Waals surface area contributed by atoms with Crippen molar-refractivity contribution in [2.75, 3.05) is 6.61 Å². The molecule has 0 saturated heterocycles. The summed E-state index contributed by atoms with van der Waals surface area (Å²) in [5, 5.41) is 21.1. The van der Waals surface area contributed by atoms with Crippen molar-refractivity contribution in [2.45, 2.75) is 65.9 Å². The van der Waals surface area contributed by atoms with E-state index in [-0.39, 0.29) is 34.6 Å². The van der Waals surface area contributed by atoms with E-state index in [0.29, 0.717) is 24.7 Å². The van der Waals surface area contributed by atoms with E-state index in [9.17, 15) is 15.0 Å². The van der Waals surface area contributed by atoms with E-state index >= 15 is 0 Å². The topological polar surface area (TPSA) is 57.5 Å². The molecule has 4 rings (SSSR count). The molecule has 1 spiro atoms. The van der Waals surface area contributed by atoms with Gasteiger partial charge < -0.3 is 10.2 Å². The Morgan fingerprint density at radius 3 is 2.52 bits per heavy atom. The minimum atomic E-state index is -0.538. The number of rotatable bonds is 1. The molecule has 0 radical (unpaired) electrons. The van der Waals surface area contributed by atoms with Gasteiger partial charge in [-0.05, 0) is 66.8 Å². The van der Waals surface area contributed by atoms with Gasteiger partial charge in [-0.15, -0.1) is 0 Å². The number of Topliss-reactive ketones (excluding diaryl/α,β-unsaturated/α-hetero) is 1. The normalized spacial score (nSPS) is 51.0. The first-order chi connectivity index (χ1) is 10.7. The third-order valence-corrected chi connectivity index (χ3v) is 8.75. The maximum absolute atomic E-state index is 12.4. The van der Waals surface area contributed by atoms with E-state index in [1.54, 1.807) is 0 Å². The fourth-order valence-electron chi connectivity index (χ4n) is 7.55. The lowest BCUT2D eigenvalue weighted by molar-refractivity contribution is -0.138. The first kappa shape index (κ1) is 15.8. The van der Waals surface area contributed by atoms with Gasteiger partial charge in [-0.25, -0.2) is 0 Å². The van der Waals surface area contributed by atoms with Crippen LogP contribution in [0.2, 0.25) is 0 Å². The quantitative estimate of drug-likeness (QED) is 0.781. The highest BCUT2D eigenvalue weighted by atomic mass is 16.3. The summed E-state index contributed by atoms with van der Waals surface area (Å²) in [7, 11) is 0. The van der Waals surface area contributed by atoms with Gasteiger partial charge in [0.25, 0.3) is 0 Å². The molecular formula is C20H30O3. The number of hydrogen-bond donors (Lipinski definition) is 2. The molecule has 0 unspecified atom stereocenters. The first-order valence-corrected chi connectivity index (χ1v) is 9.23. The second-order valence-corrected chi connectivity index (χ2v) is 9.50. The smallest absolute Gasteiger partial charge is 0.160 e. The highest BCUT2D eigenvalue weighted by Gasteiger charge is 2.72. The van der Waals surface area contributed by atoms with Gasteiger partial charge in [0.1, 0.15) is 0 Å². The van der Waals surface area contributed by atoms with Gasteiger partial charge in [0.05, 0.1) is 6.10 Å². The summed E-state index contributed by atoms with van der Waals surface area (Å²) in [4.78, 5) is 12.4. The van der Waals surface area contributed by atoms with Crippen LogP contribution in [-0.4, -0.2) is 28.7 Å². The van der Waals surface area contributed by atoms with Gasteiger partial charge in [0.2, 0.25) is 0 Å². The second kappa shape index (κ2) is 4.49. The summed E-state index contributed by atoms with van der Waals surface area (Å²) in [6.07, 6.45) is 4.19. The van der Waals surface area contributed by atoms with Crippen molar-refractivity contribution < 1.29 is 15.0 Å². The Balaban J connectivity index is 1.94. The number of carbonyl (C=O) groups excluding carboxylic acids is 1. The zero-order valence-electron chi connectivity index (χ0n) is 14.9. The maximum Gasteiger partial charge on any atom is 0.160 e. The number of aliphatic hydroxyl groups excluding tert-OH is 2. The molecule has 0 aromatic carbocycles. The van der Waals surface area contributed by atoms with Crippen molar-refractivity contribution in [1.82, 2.24) is 0 Å². The molecular weight excluding hydrogens is 288 g/mol. The molecule has 4 aliphatic rings. The Morgan fingerprint density at radius 1 is 1.22 bits per heavy atom. The number of fused-ring (bicyclic) bond motifs is 3. The van der Waals surface area contributed by atoms with Crippen molar-refractivity contribution in [1.29, 1.82) is 0 Å². The summed E-state index contributed by atoms with van der Waals surface area (Å²) in [6, 6.07) is 0. The lowest BCUT2D eigenvalue weighted by atomic mass is 9.45. The standard InChI is InChI=1S/C20H30O3/c1-11-14(22)9-20-13(10-21)6-5-12(18(20,2)3)7-16(20)19(4)8-15(23)17(11)19/h12-14,16,21-22H,5-10H2,1-4H3/t12-,13-,14+,16-,19-,20+/m0/s1. The van der Waals surface area contributed by atoms with Crippen molar-refractivity contribution in [3.05, 3.63) is 11.1 Å². The SMILES string of the molecule is CC1=C2C(=O)C[C@@]2(C)[C@@H]2C[C@@H]3CC[C@@H](CO)[C@@]2(C[C@H]1O)C3(C)C. The number of hydrogen-bond acceptors (Lipinski definition) is 3. The lowest BCUT2D eigenvalue weighted by Crippen LogP contribution is -2.56. The van der Waals surface area contributed by atoms with Gasteiger partial charge >= 0.3 is 0 Å². The van der Waals surface area contributed by atoms with Crippen LogP contribution in [0, 0.1) is 34.0 Å². The van der Waals surface area contributed by atoms with Gasteiger partial charge in [-0.2, -0.15) is 0 Å². The van der Waals surface area contributed by atoms with Crippen LogP contribution in [0.3, 0.4) is 0 Å². The third kappa shape index (κ3) is 1.57. The van der Waals surface area contributed by atoms with E-state index in [1.165, 1.54) is 6.42 Å². The minimum absolute atomic E-state index is 0.0530. The fourth-order valence-corrected chi connectivity index (χ4v) is 7.55. The summed E-state index contributed by atoms with van der Waals surface area (Å²) in [5.74, 6) is 1.54. The molecule has 0 amide bonds. The van der Waals surface area contributed by atoms with Crippen LogP contribution >= 0.6 is 0 Å². The molecule has 3 heteroatoms. The van der Waals surface area contributed by atoms with Crippen molar-refractivity contribution in [2.24, 2.45) is 34.0 Å². The van der Waals surface area contributed by atoms with E-state index in [0.717, 1.165) is 24.0 Å². The van der Waals surface area contributed by atoms with Crippen LogP contribution in [0.25, 0.3) is 0 Å². The molecule has 0 aliphatic heterocycles. The molecule has 3 nitrogen and oxygen atoms in total. The molecule has 0 heterocycles. The molecule has 128 valence electrons. The van der Waals surface area contributed by atoms with Crippen LogP contribution in [-0.2, 0) is 4.79 Å². The number of aliphatic hydroxyl groups is 2. The van der Waals surface area contributed by atoms with Gasteiger partial charge in [0.15, 0.2) is 5.78 Å². The highest BCUT2D eigenvalue weighted by Crippen LogP contribution is 2.76. The molecule has 4 aliphatic carbocycles. The van der Waals surface area contributed by atoms with Crippen molar-refractivity contribution >= 4 is 5.78 Å². The Morgan fingerprint density at radius 2 is 1.91 bits per heavy atom. The second-order valence-electron chi connectivity index (χ2n) is 9.50. The fraction of sp³-hybridized carbons (Fsp3) is 0.850. The molecule has 3 saturated carbocycles. The predicted molar refractivity (Wildman–Crippen MR) is 88.7 cm³/mol. The van der Waals surface area contributed by atoms with Crippen LogP contribution in [0.1, 0.15) is 59.8 Å². The largest absolute Gasteiger partial charge is 0.396 e. The monoisotopic (exact) mass is 318 g/mol. The predicted octanol–water partition coefficient (Wildman–Crippen LogP) is 3.10. The molecule has 0 aromatic heterocycles. The zero-order valence-corrected chi connectivity index (χ0v) is 14.9. The molecule has 3 fully saturated rings. The minimum Gasteiger partial charge on any atom is -0.396 e. The summed E-state index contributed by atoms with van der Waals surface area (Å²) in [6.45, 7) is 9.13.